The molecule has 0 aromatic heterocycles. The molecule has 1 atom stereocenters. The van der Waals surface area contributed by atoms with Crippen LogP contribution in [0.3, 0.4) is 0 Å². The summed E-state index contributed by atoms with van der Waals surface area (Å²) in [5.74, 6) is -1.01. The summed E-state index contributed by atoms with van der Waals surface area (Å²) in [5, 5.41) is 0. The van der Waals surface area contributed by atoms with Gasteiger partial charge in [-0.15, -0.1) is 0 Å². The molecule has 2 aromatic carbocycles. The first-order valence-corrected chi connectivity index (χ1v) is 10.9. The van der Waals surface area contributed by atoms with Gasteiger partial charge in [0.1, 0.15) is 11.9 Å². The fraction of sp³-hybridized carbons (Fsp3) is 0.286. The van der Waals surface area contributed by atoms with Crippen molar-refractivity contribution >= 4 is 33.4 Å². The van der Waals surface area contributed by atoms with Crippen LogP contribution in [0.4, 0.5) is 5.69 Å². The SMILES string of the molecule is CC(N=C1NS(=O)(=O)c2ccccc21)C(=O)OCC(=O)N(c1ccccc1)C(C)C. The predicted molar refractivity (Wildman–Crippen MR) is 113 cm³/mol. The van der Waals surface area contributed by atoms with Gasteiger partial charge in [-0.05, 0) is 45.0 Å². The van der Waals surface area contributed by atoms with Gasteiger partial charge in [0.15, 0.2) is 6.61 Å². The van der Waals surface area contributed by atoms with E-state index in [1.165, 1.54) is 13.0 Å². The molecule has 0 aliphatic carbocycles. The highest BCUT2D eigenvalue weighted by molar-refractivity contribution is 7.90. The molecule has 8 nitrogen and oxygen atoms in total. The first-order chi connectivity index (χ1) is 14.2. The molecule has 1 N–H and O–H groups in total. The van der Waals surface area contributed by atoms with E-state index in [1.54, 1.807) is 35.2 Å². The van der Waals surface area contributed by atoms with Gasteiger partial charge >= 0.3 is 5.97 Å². The molecular formula is C21H23N3O5S. The minimum Gasteiger partial charge on any atom is -0.454 e. The molecule has 0 radical (unpaired) electrons. The molecular weight excluding hydrogens is 406 g/mol. The van der Waals surface area contributed by atoms with Crippen molar-refractivity contribution in [2.45, 2.75) is 37.8 Å². The standard InChI is InChI=1S/C21H23N3O5S/c1-14(2)24(16-9-5-4-6-10-16)19(25)13-29-21(26)15(3)22-20-17-11-7-8-12-18(17)30(27,28)23-20/h4-12,14-15H,13H2,1-3H3,(H,22,23). The lowest BCUT2D eigenvalue weighted by Crippen LogP contribution is -2.40. The number of ether oxygens (including phenoxy) is 1. The number of anilines is 1. The Kier molecular flexibility index (Phi) is 6.21. The minimum absolute atomic E-state index is 0.0782. The van der Waals surface area contributed by atoms with Crippen LogP contribution in [0.1, 0.15) is 26.3 Å². The smallest absolute Gasteiger partial charge is 0.331 e. The van der Waals surface area contributed by atoms with Gasteiger partial charge in [0.05, 0.1) is 4.90 Å². The molecule has 1 unspecified atom stereocenters. The normalized spacial score (nSPS) is 16.6. The van der Waals surface area contributed by atoms with Crippen LogP contribution in [-0.4, -0.2) is 44.8 Å². The fourth-order valence-electron chi connectivity index (χ4n) is 3.12. The summed E-state index contributed by atoms with van der Waals surface area (Å²) in [7, 11) is -3.70. The maximum Gasteiger partial charge on any atom is 0.331 e. The number of carbonyl (C=O) groups excluding carboxylic acids is 2. The van der Waals surface area contributed by atoms with Crippen LogP contribution in [0.15, 0.2) is 64.5 Å². The Balaban J connectivity index is 1.68. The molecule has 0 saturated carbocycles. The van der Waals surface area contributed by atoms with Crippen LogP contribution < -0.4 is 9.62 Å². The third kappa shape index (κ3) is 4.51. The van der Waals surface area contributed by atoms with Gasteiger partial charge < -0.3 is 9.64 Å². The molecule has 1 aliphatic heterocycles. The minimum atomic E-state index is -3.70. The zero-order chi connectivity index (χ0) is 21.9. The number of fused-ring (bicyclic) bond motifs is 1. The van der Waals surface area contributed by atoms with Gasteiger partial charge in [0, 0.05) is 17.3 Å². The third-order valence-corrected chi connectivity index (χ3v) is 5.88. The summed E-state index contributed by atoms with van der Waals surface area (Å²) in [6.07, 6.45) is 0. The number of amides is 1. The van der Waals surface area contributed by atoms with Crippen molar-refractivity contribution in [2.24, 2.45) is 4.99 Å². The Bertz CT molecular complexity index is 1080. The molecule has 2 aromatic rings. The Hall–Kier alpha value is -3.20. The average molecular weight is 429 g/mol. The molecule has 30 heavy (non-hydrogen) atoms. The maximum atomic E-state index is 12.6. The average Bonchev–Trinajstić information content (AvgIpc) is 2.97. The predicted octanol–water partition coefficient (Wildman–Crippen LogP) is 2.10. The first-order valence-electron chi connectivity index (χ1n) is 9.44. The Morgan fingerprint density at radius 2 is 1.67 bits per heavy atom. The van der Waals surface area contributed by atoms with Crippen molar-refractivity contribution in [3.05, 3.63) is 60.2 Å². The molecule has 0 bridgehead atoms. The number of carbonyl (C=O) groups is 2. The fourth-order valence-corrected chi connectivity index (χ4v) is 4.36. The van der Waals surface area contributed by atoms with E-state index in [4.69, 9.17) is 4.74 Å². The van der Waals surface area contributed by atoms with Crippen molar-refractivity contribution in [2.75, 3.05) is 11.5 Å². The summed E-state index contributed by atoms with van der Waals surface area (Å²) >= 11 is 0. The van der Waals surface area contributed by atoms with Crippen molar-refractivity contribution in [3.8, 4) is 0 Å². The van der Waals surface area contributed by atoms with E-state index in [2.05, 4.69) is 9.71 Å². The summed E-state index contributed by atoms with van der Waals surface area (Å²) in [5.41, 5.74) is 1.10. The summed E-state index contributed by atoms with van der Waals surface area (Å²) in [6, 6.07) is 14.3. The highest BCUT2D eigenvalue weighted by Gasteiger charge is 2.31. The lowest BCUT2D eigenvalue weighted by Gasteiger charge is -2.26. The second-order valence-electron chi connectivity index (χ2n) is 7.06. The second kappa shape index (κ2) is 8.66. The summed E-state index contributed by atoms with van der Waals surface area (Å²) in [4.78, 5) is 30.8. The van der Waals surface area contributed by atoms with E-state index in [9.17, 15) is 18.0 Å². The largest absolute Gasteiger partial charge is 0.454 e. The number of amidine groups is 1. The van der Waals surface area contributed by atoms with Gasteiger partial charge in [0.25, 0.3) is 15.9 Å². The van der Waals surface area contributed by atoms with Gasteiger partial charge in [0.2, 0.25) is 0 Å². The van der Waals surface area contributed by atoms with Crippen LogP contribution in [0.2, 0.25) is 0 Å². The van der Waals surface area contributed by atoms with Crippen LogP contribution in [0.5, 0.6) is 0 Å². The van der Waals surface area contributed by atoms with Gasteiger partial charge in [-0.3, -0.25) is 14.5 Å². The number of rotatable bonds is 6. The van der Waals surface area contributed by atoms with E-state index in [0.29, 0.717) is 11.3 Å². The Morgan fingerprint density at radius 3 is 2.33 bits per heavy atom. The molecule has 0 fully saturated rings. The molecule has 0 saturated heterocycles. The highest BCUT2D eigenvalue weighted by Crippen LogP contribution is 2.22. The van der Waals surface area contributed by atoms with Crippen molar-refractivity contribution in [3.63, 3.8) is 0 Å². The number of hydrogen-bond donors (Lipinski definition) is 1. The van der Waals surface area contributed by atoms with Gasteiger partial charge in [-0.1, -0.05) is 30.3 Å². The zero-order valence-electron chi connectivity index (χ0n) is 16.9. The molecule has 158 valence electrons. The maximum absolute atomic E-state index is 12.6. The van der Waals surface area contributed by atoms with Gasteiger partial charge in [-0.2, -0.15) is 0 Å². The number of nitrogens with zero attached hydrogens (tertiary/aromatic N) is 2. The Labute approximate surface area is 175 Å². The molecule has 0 spiro atoms. The number of aliphatic imine (C=N–C) groups is 1. The van der Waals surface area contributed by atoms with Crippen LogP contribution in [0.25, 0.3) is 0 Å². The van der Waals surface area contributed by atoms with E-state index in [1.807, 2.05) is 32.0 Å². The van der Waals surface area contributed by atoms with E-state index in [-0.39, 0.29) is 22.7 Å². The summed E-state index contributed by atoms with van der Waals surface area (Å²) in [6.45, 7) is 4.77. The number of nitrogens with one attached hydrogen (secondary N) is 1. The Morgan fingerprint density at radius 1 is 1.03 bits per heavy atom. The quantitative estimate of drug-likeness (QED) is 0.708. The lowest BCUT2D eigenvalue weighted by molar-refractivity contribution is -0.148. The van der Waals surface area contributed by atoms with Crippen molar-refractivity contribution < 1.29 is 22.7 Å². The van der Waals surface area contributed by atoms with E-state index < -0.39 is 28.6 Å². The highest BCUT2D eigenvalue weighted by atomic mass is 32.2. The lowest BCUT2D eigenvalue weighted by atomic mass is 10.2. The number of hydrogen-bond acceptors (Lipinski definition) is 6. The molecule has 9 heteroatoms. The number of esters is 1. The second-order valence-corrected chi connectivity index (χ2v) is 8.71. The molecule has 3 rings (SSSR count). The number of para-hydroxylation sites is 1. The monoisotopic (exact) mass is 429 g/mol. The van der Waals surface area contributed by atoms with Crippen LogP contribution in [0, 0.1) is 0 Å². The van der Waals surface area contributed by atoms with Crippen LogP contribution >= 0.6 is 0 Å². The first kappa shape index (κ1) is 21.5. The van der Waals surface area contributed by atoms with Crippen molar-refractivity contribution in [1.82, 2.24) is 4.72 Å². The third-order valence-electron chi connectivity index (χ3n) is 4.48. The van der Waals surface area contributed by atoms with E-state index in [0.717, 1.165) is 0 Å². The number of benzene rings is 2. The molecule has 1 amide bonds. The molecule has 1 aliphatic rings. The molecule has 1 heterocycles. The van der Waals surface area contributed by atoms with Crippen molar-refractivity contribution in [1.29, 1.82) is 0 Å². The summed E-state index contributed by atoms with van der Waals surface area (Å²) < 4.78 is 31.8. The van der Waals surface area contributed by atoms with E-state index >= 15 is 0 Å². The van der Waals surface area contributed by atoms with Crippen LogP contribution in [-0.2, 0) is 24.3 Å². The van der Waals surface area contributed by atoms with Gasteiger partial charge in [-0.25, -0.2) is 13.2 Å². The topological polar surface area (TPSA) is 105 Å². The zero-order valence-corrected chi connectivity index (χ0v) is 17.7. The number of sulfonamides is 1.